The zero-order valence-corrected chi connectivity index (χ0v) is 11.5. The van der Waals surface area contributed by atoms with Crippen molar-refractivity contribution in [2.45, 2.75) is 13.0 Å². The maximum atomic E-state index is 13.9. The Morgan fingerprint density at radius 1 is 1.39 bits per heavy atom. The summed E-state index contributed by atoms with van der Waals surface area (Å²) in [5.74, 6) is 0.259. The molecule has 0 aliphatic heterocycles. The Bertz CT molecular complexity index is 556. The Morgan fingerprint density at radius 2 is 2.17 bits per heavy atom. The van der Waals surface area contributed by atoms with E-state index in [1.165, 1.54) is 6.07 Å². The van der Waals surface area contributed by atoms with Gasteiger partial charge in [-0.2, -0.15) is 11.8 Å². The molecule has 0 unspecified atom stereocenters. The second kappa shape index (κ2) is 5.89. The van der Waals surface area contributed by atoms with E-state index < -0.39 is 11.6 Å². The summed E-state index contributed by atoms with van der Waals surface area (Å²) in [6, 6.07) is 2.61. The fourth-order valence-corrected chi connectivity index (χ4v) is 2.44. The first-order valence-electron chi connectivity index (χ1n) is 5.57. The molecule has 0 saturated heterocycles. The molecular formula is C12H13ClF2N2S. The standard InChI is InChI=1S/C12H13ClF2N2S/c1-18-7-6-17-10(4-5-13)16-9-3-2-8(14)11(15)12(9)17/h2-3H,4-7H2,1H3. The van der Waals surface area contributed by atoms with Crippen LogP contribution in [0.4, 0.5) is 8.78 Å². The molecule has 0 spiro atoms. The highest BCUT2D eigenvalue weighted by atomic mass is 35.5. The smallest absolute Gasteiger partial charge is 0.184 e. The Hall–Kier alpha value is -0.810. The van der Waals surface area contributed by atoms with E-state index >= 15 is 0 Å². The lowest BCUT2D eigenvalue weighted by atomic mass is 10.3. The second-order valence-corrected chi connectivity index (χ2v) is 5.20. The summed E-state index contributed by atoms with van der Waals surface area (Å²) >= 11 is 7.36. The van der Waals surface area contributed by atoms with Gasteiger partial charge in [0.1, 0.15) is 11.3 Å². The van der Waals surface area contributed by atoms with Crippen LogP contribution >= 0.6 is 23.4 Å². The molecule has 2 nitrogen and oxygen atoms in total. The van der Waals surface area contributed by atoms with Crippen LogP contribution in [0.25, 0.3) is 11.0 Å². The molecule has 1 aromatic heterocycles. The molecule has 1 aromatic carbocycles. The SMILES string of the molecule is CSCCn1c(CCCl)nc2ccc(F)c(F)c21. The van der Waals surface area contributed by atoms with Gasteiger partial charge in [0.15, 0.2) is 11.6 Å². The molecule has 0 atom stereocenters. The fraction of sp³-hybridized carbons (Fsp3) is 0.417. The zero-order valence-electron chi connectivity index (χ0n) is 9.92. The van der Waals surface area contributed by atoms with Gasteiger partial charge in [-0.1, -0.05) is 0 Å². The molecule has 0 aliphatic rings. The summed E-state index contributed by atoms with van der Waals surface area (Å²) < 4.78 is 28.9. The fourth-order valence-electron chi connectivity index (χ4n) is 1.90. The largest absolute Gasteiger partial charge is 0.325 e. The van der Waals surface area contributed by atoms with Crippen molar-refractivity contribution in [3.8, 4) is 0 Å². The number of thioether (sulfide) groups is 1. The highest BCUT2D eigenvalue weighted by molar-refractivity contribution is 7.98. The molecule has 2 aromatic rings. The number of aryl methyl sites for hydroxylation is 2. The number of hydrogen-bond acceptors (Lipinski definition) is 2. The van der Waals surface area contributed by atoms with Crippen molar-refractivity contribution in [3.05, 3.63) is 29.6 Å². The van der Waals surface area contributed by atoms with Gasteiger partial charge in [-0.15, -0.1) is 11.6 Å². The second-order valence-electron chi connectivity index (χ2n) is 3.84. The maximum absolute atomic E-state index is 13.9. The Labute approximate surface area is 113 Å². The number of nitrogens with zero attached hydrogens (tertiary/aromatic N) is 2. The average Bonchev–Trinajstić information content (AvgIpc) is 2.70. The minimum atomic E-state index is -0.842. The van der Waals surface area contributed by atoms with Gasteiger partial charge in [-0.3, -0.25) is 0 Å². The predicted octanol–water partition coefficient (Wildman–Crippen LogP) is 3.46. The normalized spacial score (nSPS) is 11.3. The molecule has 0 radical (unpaired) electrons. The molecule has 0 saturated carbocycles. The van der Waals surface area contributed by atoms with Gasteiger partial charge in [0.25, 0.3) is 0 Å². The van der Waals surface area contributed by atoms with E-state index in [2.05, 4.69) is 4.98 Å². The Balaban J connectivity index is 2.58. The Kier molecular flexibility index (Phi) is 4.45. The highest BCUT2D eigenvalue weighted by Crippen LogP contribution is 2.22. The van der Waals surface area contributed by atoms with E-state index in [1.807, 2.05) is 6.26 Å². The minimum absolute atomic E-state index is 0.240. The van der Waals surface area contributed by atoms with E-state index in [1.54, 1.807) is 16.3 Å². The average molecular weight is 291 g/mol. The van der Waals surface area contributed by atoms with Crippen molar-refractivity contribution in [1.82, 2.24) is 9.55 Å². The molecule has 1 heterocycles. The van der Waals surface area contributed by atoms with E-state index in [4.69, 9.17) is 11.6 Å². The third kappa shape index (κ3) is 2.47. The van der Waals surface area contributed by atoms with Gasteiger partial charge in [-0.25, -0.2) is 13.8 Å². The molecule has 18 heavy (non-hydrogen) atoms. The molecular weight excluding hydrogens is 278 g/mol. The molecule has 6 heteroatoms. The molecule has 0 bridgehead atoms. The van der Waals surface area contributed by atoms with Crippen molar-refractivity contribution in [2.75, 3.05) is 17.9 Å². The van der Waals surface area contributed by atoms with Crippen LogP contribution in [-0.4, -0.2) is 27.4 Å². The van der Waals surface area contributed by atoms with Crippen LogP contribution in [0, 0.1) is 11.6 Å². The van der Waals surface area contributed by atoms with E-state index in [0.29, 0.717) is 30.2 Å². The molecule has 0 fully saturated rings. The molecule has 0 amide bonds. The maximum Gasteiger partial charge on any atom is 0.184 e. The third-order valence-electron chi connectivity index (χ3n) is 2.72. The minimum Gasteiger partial charge on any atom is -0.325 e. The number of aromatic nitrogens is 2. The highest BCUT2D eigenvalue weighted by Gasteiger charge is 2.16. The lowest BCUT2D eigenvalue weighted by Crippen LogP contribution is -2.07. The summed E-state index contributed by atoms with van der Waals surface area (Å²) in [7, 11) is 0. The van der Waals surface area contributed by atoms with Gasteiger partial charge in [0, 0.05) is 24.6 Å². The summed E-state index contributed by atoms with van der Waals surface area (Å²) in [5, 5.41) is 0. The van der Waals surface area contributed by atoms with Crippen molar-refractivity contribution >= 4 is 34.4 Å². The Morgan fingerprint density at radius 3 is 2.83 bits per heavy atom. The summed E-state index contributed by atoms with van der Waals surface area (Å²) in [4.78, 5) is 4.32. The van der Waals surface area contributed by atoms with Crippen LogP contribution in [0.15, 0.2) is 12.1 Å². The summed E-state index contributed by atoms with van der Waals surface area (Å²) in [6.45, 7) is 0.601. The van der Waals surface area contributed by atoms with Crippen LogP contribution in [0.1, 0.15) is 5.82 Å². The van der Waals surface area contributed by atoms with E-state index in [9.17, 15) is 8.78 Å². The molecule has 98 valence electrons. The third-order valence-corrected chi connectivity index (χ3v) is 3.50. The van der Waals surface area contributed by atoms with Crippen molar-refractivity contribution in [3.63, 3.8) is 0 Å². The number of halogens is 3. The van der Waals surface area contributed by atoms with Crippen LogP contribution in [0.5, 0.6) is 0 Å². The molecule has 0 aliphatic carbocycles. The lowest BCUT2D eigenvalue weighted by molar-refractivity contribution is 0.511. The van der Waals surface area contributed by atoms with Gasteiger partial charge < -0.3 is 4.57 Å². The number of rotatable bonds is 5. The van der Waals surface area contributed by atoms with Gasteiger partial charge in [0.05, 0.1) is 5.52 Å². The number of imidazole rings is 1. The van der Waals surface area contributed by atoms with E-state index in [0.717, 1.165) is 11.8 Å². The zero-order chi connectivity index (χ0) is 13.1. The van der Waals surface area contributed by atoms with Crippen LogP contribution in [-0.2, 0) is 13.0 Å². The quantitative estimate of drug-likeness (QED) is 0.785. The van der Waals surface area contributed by atoms with Gasteiger partial charge in [0.2, 0.25) is 0 Å². The molecule has 2 rings (SSSR count). The summed E-state index contributed by atoms with van der Waals surface area (Å²) in [6.07, 6.45) is 2.52. The molecule has 0 N–H and O–H groups in total. The number of hydrogen-bond donors (Lipinski definition) is 0. The summed E-state index contributed by atoms with van der Waals surface area (Å²) in [5.41, 5.74) is 0.722. The monoisotopic (exact) mass is 290 g/mol. The number of alkyl halides is 1. The van der Waals surface area contributed by atoms with Crippen LogP contribution in [0.2, 0.25) is 0 Å². The van der Waals surface area contributed by atoms with Crippen molar-refractivity contribution < 1.29 is 8.78 Å². The first-order valence-corrected chi connectivity index (χ1v) is 7.50. The van der Waals surface area contributed by atoms with Crippen molar-refractivity contribution in [2.24, 2.45) is 0 Å². The van der Waals surface area contributed by atoms with Gasteiger partial charge >= 0.3 is 0 Å². The first-order chi connectivity index (χ1) is 8.69. The van der Waals surface area contributed by atoms with Crippen LogP contribution in [0.3, 0.4) is 0 Å². The number of fused-ring (bicyclic) bond motifs is 1. The van der Waals surface area contributed by atoms with Crippen molar-refractivity contribution in [1.29, 1.82) is 0 Å². The topological polar surface area (TPSA) is 17.8 Å². The first kappa shape index (κ1) is 13.6. The van der Waals surface area contributed by atoms with Crippen LogP contribution < -0.4 is 0 Å². The lowest BCUT2D eigenvalue weighted by Gasteiger charge is -2.07. The number of benzene rings is 1. The van der Waals surface area contributed by atoms with Gasteiger partial charge in [-0.05, 0) is 18.4 Å². The van der Waals surface area contributed by atoms with E-state index in [-0.39, 0.29) is 5.52 Å². The predicted molar refractivity (Wildman–Crippen MR) is 72.5 cm³/mol.